The third-order valence-corrected chi connectivity index (χ3v) is 4.35. The van der Waals surface area contributed by atoms with Crippen LogP contribution in [0.25, 0.3) is 10.9 Å². The van der Waals surface area contributed by atoms with Crippen molar-refractivity contribution in [2.45, 2.75) is 44.6 Å². The molecular weight excluding hydrogens is 260 g/mol. The second-order valence-corrected chi connectivity index (χ2v) is 5.86. The van der Waals surface area contributed by atoms with Crippen LogP contribution in [0.15, 0.2) is 30.5 Å². The summed E-state index contributed by atoms with van der Waals surface area (Å²) in [4.78, 5) is 11.8. The molecule has 21 heavy (non-hydrogen) atoms. The van der Waals surface area contributed by atoms with Crippen molar-refractivity contribution in [2.75, 3.05) is 18.0 Å². The van der Waals surface area contributed by atoms with E-state index in [0.29, 0.717) is 6.04 Å². The molecule has 1 aromatic carbocycles. The number of hydrogen-bond donors (Lipinski definition) is 1. The van der Waals surface area contributed by atoms with Crippen LogP contribution in [-0.4, -0.2) is 29.1 Å². The Balaban J connectivity index is 1.88. The Kier molecular flexibility index (Phi) is 4.65. The third kappa shape index (κ3) is 3.32. The van der Waals surface area contributed by atoms with E-state index in [-0.39, 0.29) is 0 Å². The van der Waals surface area contributed by atoms with Gasteiger partial charge < -0.3 is 10.6 Å². The summed E-state index contributed by atoms with van der Waals surface area (Å²) in [5.74, 6) is 0.869. The summed E-state index contributed by atoms with van der Waals surface area (Å²) >= 11 is 0. The van der Waals surface area contributed by atoms with Crippen molar-refractivity contribution in [1.29, 1.82) is 0 Å². The van der Waals surface area contributed by atoms with Crippen LogP contribution in [-0.2, 0) is 0 Å². The monoisotopic (exact) mass is 284 g/mol. The number of para-hydroxylation sites is 1. The number of nitrogens with two attached hydrogens (primary N) is 1. The molecule has 0 spiro atoms. The maximum absolute atomic E-state index is 5.71. The molecule has 112 valence electrons. The molecule has 3 rings (SSSR count). The van der Waals surface area contributed by atoms with Gasteiger partial charge in [0.05, 0.1) is 5.52 Å². The van der Waals surface area contributed by atoms with E-state index in [2.05, 4.69) is 22.0 Å². The van der Waals surface area contributed by atoms with Gasteiger partial charge in [-0.15, -0.1) is 0 Å². The van der Waals surface area contributed by atoms with Crippen molar-refractivity contribution in [3.8, 4) is 0 Å². The maximum Gasteiger partial charge on any atom is 0.226 e. The quantitative estimate of drug-likeness (QED) is 0.916. The summed E-state index contributed by atoms with van der Waals surface area (Å²) in [5.41, 5.74) is 6.73. The molecule has 0 unspecified atom stereocenters. The molecule has 0 radical (unpaired) electrons. The summed E-state index contributed by atoms with van der Waals surface area (Å²) in [6, 6.07) is 8.75. The van der Waals surface area contributed by atoms with Gasteiger partial charge in [-0.1, -0.05) is 37.5 Å². The minimum Gasteiger partial charge on any atom is -0.338 e. The molecule has 0 amide bonds. The van der Waals surface area contributed by atoms with Gasteiger partial charge in [-0.3, -0.25) is 0 Å². The highest BCUT2D eigenvalue weighted by molar-refractivity contribution is 5.78. The normalized spacial score (nSPS) is 16.2. The van der Waals surface area contributed by atoms with Crippen LogP contribution in [0.1, 0.15) is 38.5 Å². The lowest BCUT2D eigenvalue weighted by Crippen LogP contribution is -2.39. The van der Waals surface area contributed by atoms with Crippen molar-refractivity contribution < 1.29 is 0 Å². The topological polar surface area (TPSA) is 55.0 Å². The molecule has 1 aliphatic rings. The number of hydrogen-bond acceptors (Lipinski definition) is 4. The number of nitrogens with zero attached hydrogens (tertiary/aromatic N) is 3. The predicted octanol–water partition coefficient (Wildman–Crippen LogP) is 3.12. The second kappa shape index (κ2) is 6.85. The van der Waals surface area contributed by atoms with E-state index in [1.54, 1.807) is 0 Å². The largest absolute Gasteiger partial charge is 0.338 e. The van der Waals surface area contributed by atoms with E-state index in [0.717, 1.165) is 36.4 Å². The van der Waals surface area contributed by atoms with Crippen LogP contribution in [0.3, 0.4) is 0 Å². The molecule has 1 fully saturated rings. The van der Waals surface area contributed by atoms with Gasteiger partial charge in [-0.2, -0.15) is 0 Å². The summed E-state index contributed by atoms with van der Waals surface area (Å²) < 4.78 is 0. The van der Waals surface area contributed by atoms with Gasteiger partial charge in [-0.25, -0.2) is 9.97 Å². The fourth-order valence-corrected chi connectivity index (χ4v) is 3.20. The summed E-state index contributed by atoms with van der Waals surface area (Å²) in [5, 5.41) is 1.10. The van der Waals surface area contributed by atoms with Crippen LogP contribution < -0.4 is 10.6 Å². The molecule has 1 aromatic heterocycles. The van der Waals surface area contributed by atoms with E-state index in [4.69, 9.17) is 10.7 Å². The molecule has 1 aliphatic carbocycles. The molecule has 2 aromatic rings. The Bertz CT molecular complexity index is 578. The summed E-state index contributed by atoms with van der Waals surface area (Å²) in [6.07, 6.45) is 9.43. The Labute approximate surface area is 126 Å². The zero-order chi connectivity index (χ0) is 14.5. The lowest BCUT2D eigenvalue weighted by Gasteiger charge is -2.34. The molecule has 0 bridgehead atoms. The third-order valence-electron chi connectivity index (χ3n) is 4.35. The van der Waals surface area contributed by atoms with Crippen molar-refractivity contribution in [1.82, 2.24) is 9.97 Å². The highest BCUT2D eigenvalue weighted by Gasteiger charge is 2.23. The average molecular weight is 284 g/mol. The molecule has 1 saturated carbocycles. The number of anilines is 1. The smallest absolute Gasteiger partial charge is 0.226 e. The van der Waals surface area contributed by atoms with Crippen molar-refractivity contribution in [3.63, 3.8) is 0 Å². The molecular formula is C17H24N4. The molecule has 2 N–H and O–H groups in total. The minimum atomic E-state index is 0.575. The van der Waals surface area contributed by atoms with Gasteiger partial charge in [0.25, 0.3) is 0 Å². The molecule has 1 heterocycles. The van der Waals surface area contributed by atoms with Crippen LogP contribution in [0.5, 0.6) is 0 Å². The van der Waals surface area contributed by atoms with E-state index >= 15 is 0 Å². The molecule has 4 nitrogen and oxygen atoms in total. The lowest BCUT2D eigenvalue weighted by molar-refractivity contribution is 0.409. The van der Waals surface area contributed by atoms with Crippen LogP contribution in [0.2, 0.25) is 0 Å². The average Bonchev–Trinajstić information content (AvgIpc) is 2.56. The first-order chi connectivity index (χ1) is 10.4. The first kappa shape index (κ1) is 14.3. The minimum absolute atomic E-state index is 0.575. The lowest BCUT2D eigenvalue weighted by atomic mass is 9.94. The van der Waals surface area contributed by atoms with Gasteiger partial charge in [0.1, 0.15) is 0 Å². The van der Waals surface area contributed by atoms with Crippen molar-refractivity contribution in [3.05, 3.63) is 30.5 Å². The first-order valence-electron chi connectivity index (χ1n) is 8.07. The van der Waals surface area contributed by atoms with Crippen LogP contribution >= 0.6 is 0 Å². The zero-order valence-corrected chi connectivity index (χ0v) is 12.5. The Morgan fingerprint density at radius 1 is 1.14 bits per heavy atom. The fourth-order valence-electron chi connectivity index (χ4n) is 3.20. The van der Waals surface area contributed by atoms with Gasteiger partial charge in [0.2, 0.25) is 5.95 Å². The van der Waals surface area contributed by atoms with Crippen molar-refractivity contribution >= 4 is 16.9 Å². The number of benzene rings is 1. The molecule has 0 aliphatic heterocycles. The molecule has 0 atom stereocenters. The highest BCUT2D eigenvalue weighted by Crippen LogP contribution is 2.26. The summed E-state index contributed by atoms with van der Waals surface area (Å²) in [6.45, 7) is 1.68. The first-order valence-corrected chi connectivity index (χ1v) is 8.07. The predicted molar refractivity (Wildman–Crippen MR) is 87.4 cm³/mol. The van der Waals surface area contributed by atoms with E-state index in [1.807, 2.05) is 18.3 Å². The van der Waals surface area contributed by atoms with E-state index in [9.17, 15) is 0 Å². The van der Waals surface area contributed by atoms with Crippen LogP contribution in [0, 0.1) is 0 Å². The summed E-state index contributed by atoms with van der Waals surface area (Å²) in [7, 11) is 0. The molecule has 0 saturated heterocycles. The standard InChI is InChI=1S/C17H24N4/c18-11-6-12-21(15-8-2-1-3-9-15)17-19-13-14-7-4-5-10-16(14)20-17/h4-5,7,10,13,15H,1-3,6,8-9,11-12,18H2. The van der Waals surface area contributed by atoms with Gasteiger partial charge in [0, 0.05) is 24.2 Å². The van der Waals surface area contributed by atoms with Gasteiger partial charge in [0.15, 0.2) is 0 Å². The number of aromatic nitrogens is 2. The van der Waals surface area contributed by atoms with Crippen molar-refractivity contribution in [2.24, 2.45) is 5.73 Å². The van der Waals surface area contributed by atoms with Crippen LogP contribution in [0.4, 0.5) is 5.95 Å². The maximum atomic E-state index is 5.71. The number of rotatable bonds is 5. The Morgan fingerprint density at radius 3 is 2.76 bits per heavy atom. The zero-order valence-electron chi connectivity index (χ0n) is 12.5. The van der Waals surface area contributed by atoms with E-state index < -0.39 is 0 Å². The highest BCUT2D eigenvalue weighted by atomic mass is 15.3. The Hall–Kier alpha value is -1.68. The van der Waals surface area contributed by atoms with Gasteiger partial charge in [-0.05, 0) is 31.9 Å². The second-order valence-electron chi connectivity index (χ2n) is 5.86. The fraction of sp³-hybridized carbons (Fsp3) is 0.529. The number of fused-ring (bicyclic) bond motifs is 1. The Morgan fingerprint density at radius 2 is 1.95 bits per heavy atom. The van der Waals surface area contributed by atoms with Gasteiger partial charge >= 0.3 is 0 Å². The van der Waals surface area contributed by atoms with E-state index in [1.165, 1.54) is 32.1 Å². The SMILES string of the molecule is NCCCN(c1ncc2ccccc2n1)C1CCCCC1. The molecule has 4 heteroatoms.